The van der Waals surface area contributed by atoms with Crippen molar-refractivity contribution in [1.82, 2.24) is 4.98 Å². The normalized spacial score (nSPS) is 10.5. The minimum Gasteiger partial charge on any atom is -0.465 e. The van der Waals surface area contributed by atoms with E-state index in [0.717, 1.165) is 0 Å². The van der Waals surface area contributed by atoms with Gasteiger partial charge in [-0.2, -0.15) is 0 Å². The summed E-state index contributed by atoms with van der Waals surface area (Å²) in [5, 5.41) is 0. The van der Waals surface area contributed by atoms with Crippen molar-refractivity contribution in [3.63, 3.8) is 0 Å². The molecule has 0 saturated heterocycles. The number of carbonyl (C=O) groups is 1. The predicted molar refractivity (Wildman–Crippen MR) is 86.4 cm³/mol. The molecule has 0 aliphatic heterocycles. The minimum atomic E-state index is -0.510. The Kier molecular flexibility index (Phi) is 4.33. The van der Waals surface area contributed by atoms with Crippen LogP contribution in [0.25, 0.3) is 22.5 Å². The Balaban J connectivity index is 2.14. The van der Waals surface area contributed by atoms with Gasteiger partial charge in [0.2, 0.25) is 0 Å². The highest BCUT2D eigenvalue weighted by Crippen LogP contribution is 2.25. The number of carbonyl (C=O) groups excluding carboxylic acids is 1. The van der Waals surface area contributed by atoms with Crippen molar-refractivity contribution in [1.29, 1.82) is 0 Å². The fraction of sp³-hybridized carbons (Fsp3) is 0.0526. The molecule has 5 heteroatoms. The van der Waals surface area contributed by atoms with Gasteiger partial charge in [-0.25, -0.2) is 18.6 Å². The second-order valence-corrected chi connectivity index (χ2v) is 5.13. The Labute approximate surface area is 137 Å². The van der Waals surface area contributed by atoms with Crippen molar-refractivity contribution in [3.8, 4) is 22.5 Å². The highest BCUT2D eigenvalue weighted by atomic mass is 19.1. The van der Waals surface area contributed by atoms with Crippen molar-refractivity contribution in [3.05, 3.63) is 77.9 Å². The Morgan fingerprint density at radius 2 is 1.25 bits per heavy atom. The van der Waals surface area contributed by atoms with E-state index in [4.69, 9.17) is 4.74 Å². The minimum absolute atomic E-state index is 0.311. The standard InChI is InChI=1S/C19H13F2NO2/c1-24-19(23)14-10-17(12-2-6-15(20)7-3-12)22-18(11-14)13-4-8-16(21)9-5-13/h2-11H,1H3. The maximum absolute atomic E-state index is 13.1. The van der Waals surface area contributed by atoms with Crippen LogP contribution < -0.4 is 0 Å². The van der Waals surface area contributed by atoms with Gasteiger partial charge in [0.05, 0.1) is 24.1 Å². The Hall–Kier alpha value is -3.08. The molecule has 0 N–H and O–H groups in total. The molecular formula is C19H13F2NO2. The van der Waals surface area contributed by atoms with Crippen LogP contribution in [0, 0.1) is 11.6 Å². The van der Waals surface area contributed by atoms with E-state index in [-0.39, 0.29) is 11.6 Å². The number of nitrogens with zero attached hydrogens (tertiary/aromatic N) is 1. The average molecular weight is 325 g/mol. The lowest BCUT2D eigenvalue weighted by Gasteiger charge is -2.09. The summed E-state index contributed by atoms with van der Waals surface area (Å²) in [4.78, 5) is 16.4. The van der Waals surface area contributed by atoms with Gasteiger partial charge in [0.15, 0.2) is 0 Å². The second kappa shape index (κ2) is 6.58. The topological polar surface area (TPSA) is 39.2 Å². The number of rotatable bonds is 3. The van der Waals surface area contributed by atoms with Gasteiger partial charge in [0.1, 0.15) is 11.6 Å². The average Bonchev–Trinajstić information content (AvgIpc) is 2.62. The fourth-order valence-corrected chi connectivity index (χ4v) is 2.30. The lowest BCUT2D eigenvalue weighted by atomic mass is 10.0. The Morgan fingerprint density at radius 3 is 1.62 bits per heavy atom. The SMILES string of the molecule is COC(=O)c1cc(-c2ccc(F)cc2)nc(-c2ccc(F)cc2)c1. The van der Waals surface area contributed by atoms with E-state index in [2.05, 4.69) is 4.98 Å². The number of hydrogen-bond donors (Lipinski definition) is 0. The Bertz CT molecular complexity index is 811. The molecule has 1 aromatic heterocycles. The van der Waals surface area contributed by atoms with Crippen LogP contribution in [0.4, 0.5) is 8.78 Å². The summed E-state index contributed by atoms with van der Waals surface area (Å²) < 4.78 is 31.0. The van der Waals surface area contributed by atoms with Crippen LogP contribution in [0.5, 0.6) is 0 Å². The molecule has 0 radical (unpaired) electrons. The molecule has 1 heterocycles. The van der Waals surface area contributed by atoms with E-state index in [1.165, 1.54) is 31.4 Å². The maximum Gasteiger partial charge on any atom is 0.338 e. The molecular weight excluding hydrogens is 312 g/mol. The molecule has 0 atom stereocenters. The number of halogens is 2. The molecule has 3 nitrogen and oxygen atoms in total. The van der Waals surface area contributed by atoms with E-state index in [1.54, 1.807) is 36.4 Å². The van der Waals surface area contributed by atoms with Crippen molar-refractivity contribution >= 4 is 5.97 Å². The molecule has 0 amide bonds. The van der Waals surface area contributed by atoms with Crippen LogP contribution >= 0.6 is 0 Å². The number of hydrogen-bond acceptors (Lipinski definition) is 3. The molecule has 0 bridgehead atoms. The highest BCUT2D eigenvalue weighted by Gasteiger charge is 2.13. The zero-order valence-corrected chi connectivity index (χ0v) is 12.8. The molecule has 3 rings (SSSR count). The molecule has 0 unspecified atom stereocenters. The van der Waals surface area contributed by atoms with Gasteiger partial charge in [-0.05, 0) is 60.7 Å². The van der Waals surface area contributed by atoms with E-state index >= 15 is 0 Å². The van der Waals surface area contributed by atoms with E-state index in [9.17, 15) is 13.6 Å². The smallest absolute Gasteiger partial charge is 0.338 e. The third kappa shape index (κ3) is 3.30. The van der Waals surface area contributed by atoms with Gasteiger partial charge in [-0.3, -0.25) is 0 Å². The third-order valence-corrected chi connectivity index (χ3v) is 3.53. The predicted octanol–water partition coefficient (Wildman–Crippen LogP) is 4.48. The van der Waals surface area contributed by atoms with Gasteiger partial charge in [-0.15, -0.1) is 0 Å². The Morgan fingerprint density at radius 1 is 0.833 bits per heavy atom. The number of aromatic nitrogens is 1. The van der Waals surface area contributed by atoms with Gasteiger partial charge in [-0.1, -0.05) is 0 Å². The molecule has 3 aromatic rings. The maximum atomic E-state index is 13.1. The van der Waals surface area contributed by atoms with Gasteiger partial charge in [0, 0.05) is 11.1 Å². The van der Waals surface area contributed by atoms with Gasteiger partial charge in [0.25, 0.3) is 0 Å². The van der Waals surface area contributed by atoms with Crippen LogP contribution in [-0.2, 0) is 4.74 Å². The third-order valence-electron chi connectivity index (χ3n) is 3.53. The largest absolute Gasteiger partial charge is 0.465 e. The van der Waals surface area contributed by atoms with Crippen molar-refractivity contribution in [2.75, 3.05) is 7.11 Å². The van der Waals surface area contributed by atoms with E-state index in [1.807, 2.05) is 0 Å². The lowest BCUT2D eigenvalue weighted by molar-refractivity contribution is 0.0600. The van der Waals surface area contributed by atoms with Crippen molar-refractivity contribution in [2.24, 2.45) is 0 Å². The van der Waals surface area contributed by atoms with E-state index < -0.39 is 5.97 Å². The number of pyridine rings is 1. The van der Waals surface area contributed by atoms with Gasteiger partial charge >= 0.3 is 5.97 Å². The van der Waals surface area contributed by atoms with Crippen molar-refractivity contribution in [2.45, 2.75) is 0 Å². The first kappa shape index (κ1) is 15.8. The second-order valence-electron chi connectivity index (χ2n) is 5.13. The monoisotopic (exact) mass is 325 g/mol. The lowest BCUT2D eigenvalue weighted by Crippen LogP contribution is -2.03. The first-order valence-electron chi connectivity index (χ1n) is 7.19. The van der Waals surface area contributed by atoms with Crippen LogP contribution in [-0.4, -0.2) is 18.1 Å². The molecule has 0 fully saturated rings. The number of methoxy groups -OCH3 is 1. The molecule has 2 aromatic carbocycles. The quantitative estimate of drug-likeness (QED) is 0.667. The summed E-state index contributed by atoms with van der Waals surface area (Å²) >= 11 is 0. The van der Waals surface area contributed by atoms with Crippen LogP contribution in [0.2, 0.25) is 0 Å². The molecule has 0 spiro atoms. The van der Waals surface area contributed by atoms with Crippen molar-refractivity contribution < 1.29 is 18.3 Å². The molecule has 0 aliphatic rings. The first-order chi connectivity index (χ1) is 11.6. The van der Waals surface area contributed by atoms with Crippen LogP contribution in [0.3, 0.4) is 0 Å². The fourth-order valence-electron chi connectivity index (χ4n) is 2.30. The highest BCUT2D eigenvalue weighted by molar-refractivity contribution is 5.92. The summed E-state index contributed by atoms with van der Waals surface area (Å²) in [5.74, 6) is -1.23. The summed E-state index contributed by atoms with van der Waals surface area (Å²) in [6.45, 7) is 0. The van der Waals surface area contributed by atoms with Crippen LogP contribution in [0.1, 0.15) is 10.4 Å². The van der Waals surface area contributed by atoms with Crippen LogP contribution in [0.15, 0.2) is 60.7 Å². The zero-order valence-electron chi connectivity index (χ0n) is 12.8. The number of ether oxygens (including phenoxy) is 1. The molecule has 24 heavy (non-hydrogen) atoms. The summed E-state index contributed by atoms with van der Waals surface area (Å²) in [7, 11) is 1.29. The summed E-state index contributed by atoms with van der Waals surface area (Å²) in [6, 6.07) is 14.7. The number of benzene rings is 2. The molecule has 120 valence electrons. The summed E-state index contributed by atoms with van der Waals surface area (Å²) in [6.07, 6.45) is 0. The molecule has 0 saturated carbocycles. The van der Waals surface area contributed by atoms with Gasteiger partial charge < -0.3 is 4.74 Å². The summed E-state index contributed by atoms with van der Waals surface area (Å²) in [5.41, 5.74) is 2.62. The van der Waals surface area contributed by atoms with E-state index in [0.29, 0.717) is 28.1 Å². The zero-order chi connectivity index (χ0) is 17.1. The number of esters is 1. The first-order valence-corrected chi connectivity index (χ1v) is 7.19. The molecule has 0 aliphatic carbocycles.